The Hall–Kier alpha value is -1.95. The van der Waals surface area contributed by atoms with Crippen LogP contribution < -0.4 is 10.5 Å². The molecule has 6 heteroatoms. The fraction of sp³-hybridized carbons (Fsp3) is 0.385. The van der Waals surface area contributed by atoms with Crippen LogP contribution >= 0.6 is 0 Å². The van der Waals surface area contributed by atoms with Gasteiger partial charge in [0.25, 0.3) is 0 Å². The van der Waals surface area contributed by atoms with Gasteiger partial charge in [0.2, 0.25) is 0 Å². The highest BCUT2D eigenvalue weighted by atomic mass is 19.1. The van der Waals surface area contributed by atoms with E-state index in [9.17, 15) is 4.39 Å². The van der Waals surface area contributed by atoms with E-state index in [4.69, 9.17) is 10.5 Å². The molecule has 1 aromatic heterocycles. The van der Waals surface area contributed by atoms with Crippen LogP contribution in [0.2, 0.25) is 0 Å². The van der Waals surface area contributed by atoms with Crippen LogP contribution in [-0.2, 0) is 13.0 Å². The molecule has 0 fully saturated rings. The lowest BCUT2D eigenvalue weighted by Gasteiger charge is -2.09. The van der Waals surface area contributed by atoms with Crippen LogP contribution in [0.5, 0.6) is 5.75 Å². The van der Waals surface area contributed by atoms with Crippen molar-refractivity contribution in [2.45, 2.75) is 32.0 Å². The highest BCUT2D eigenvalue weighted by Crippen LogP contribution is 2.29. The molecule has 2 N–H and O–H groups in total. The van der Waals surface area contributed by atoms with Gasteiger partial charge < -0.3 is 10.5 Å². The van der Waals surface area contributed by atoms with Gasteiger partial charge >= 0.3 is 0 Å². The molecule has 5 nitrogen and oxygen atoms in total. The summed E-state index contributed by atoms with van der Waals surface area (Å²) >= 11 is 0. The van der Waals surface area contributed by atoms with Gasteiger partial charge in [-0.05, 0) is 25.1 Å². The predicted molar refractivity (Wildman–Crippen MR) is 67.1 cm³/mol. The molecule has 1 aliphatic heterocycles. The van der Waals surface area contributed by atoms with Gasteiger partial charge in [-0.25, -0.2) is 14.1 Å². The Balaban J connectivity index is 1.69. The van der Waals surface area contributed by atoms with Crippen LogP contribution in [0.3, 0.4) is 0 Å². The van der Waals surface area contributed by atoms with Gasteiger partial charge in [-0.2, -0.15) is 5.10 Å². The first kappa shape index (κ1) is 12.1. The average Bonchev–Trinajstić information content (AvgIpc) is 2.95. The van der Waals surface area contributed by atoms with Crippen LogP contribution in [-0.4, -0.2) is 20.9 Å². The summed E-state index contributed by atoms with van der Waals surface area (Å²) in [6, 6.07) is 4.41. The molecule has 0 spiro atoms. The second kappa shape index (κ2) is 4.62. The van der Waals surface area contributed by atoms with Crippen molar-refractivity contribution in [1.29, 1.82) is 0 Å². The van der Waals surface area contributed by atoms with Crippen LogP contribution in [0.4, 0.5) is 4.39 Å². The molecular weight excluding hydrogens is 247 g/mol. The molecule has 0 bridgehead atoms. The third-order valence-corrected chi connectivity index (χ3v) is 3.12. The van der Waals surface area contributed by atoms with E-state index in [0.29, 0.717) is 18.8 Å². The SMILES string of the molecule is CC(N)c1ncn(CC2Cc3cc(F)ccc3O2)n1. The smallest absolute Gasteiger partial charge is 0.166 e. The van der Waals surface area contributed by atoms with Crippen molar-refractivity contribution < 1.29 is 9.13 Å². The minimum Gasteiger partial charge on any atom is -0.488 e. The fourth-order valence-electron chi connectivity index (χ4n) is 2.21. The van der Waals surface area contributed by atoms with E-state index >= 15 is 0 Å². The molecule has 0 radical (unpaired) electrons. The number of hydrogen-bond donors (Lipinski definition) is 1. The molecule has 0 saturated heterocycles. The quantitative estimate of drug-likeness (QED) is 0.909. The first-order valence-corrected chi connectivity index (χ1v) is 6.22. The van der Waals surface area contributed by atoms with E-state index in [0.717, 1.165) is 11.3 Å². The number of aromatic nitrogens is 3. The zero-order chi connectivity index (χ0) is 13.4. The highest BCUT2D eigenvalue weighted by Gasteiger charge is 2.24. The molecule has 0 aliphatic carbocycles. The number of ether oxygens (including phenoxy) is 1. The van der Waals surface area contributed by atoms with E-state index in [1.807, 2.05) is 6.92 Å². The second-order valence-electron chi connectivity index (χ2n) is 4.81. The molecule has 100 valence electrons. The third-order valence-electron chi connectivity index (χ3n) is 3.12. The van der Waals surface area contributed by atoms with Crippen LogP contribution in [0.25, 0.3) is 0 Å². The lowest BCUT2D eigenvalue weighted by molar-refractivity contribution is 0.203. The number of benzene rings is 1. The number of halogens is 1. The molecule has 2 atom stereocenters. The molecule has 3 rings (SSSR count). The lowest BCUT2D eigenvalue weighted by Crippen LogP contribution is -2.21. The fourth-order valence-corrected chi connectivity index (χ4v) is 2.21. The summed E-state index contributed by atoms with van der Waals surface area (Å²) in [4.78, 5) is 4.13. The minimum atomic E-state index is -0.233. The first-order valence-electron chi connectivity index (χ1n) is 6.22. The van der Waals surface area contributed by atoms with Crippen molar-refractivity contribution in [1.82, 2.24) is 14.8 Å². The van der Waals surface area contributed by atoms with Gasteiger partial charge in [-0.3, -0.25) is 0 Å². The molecule has 1 aliphatic rings. The molecule has 2 aromatic rings. The second-order valence-corrected chi connectivity index (χ2v) is 4.81. The lowest BCUT2D eigenvalue weighted by atomic mass is 10.1. The van der Waals surface area contributed by atoms with E-state index in [1.165, 1.54) is 12.1 Å². The van der Waals surface area contributed by atoms with Crippen molar-refractivity contribution in [2.75, 3.05) is 0 Å². The average molecular weight is 262 g/mol. The number of fused-ring (bicyclic) bond motifs is 1. The van der Waals surface area contributed by atoms with Crippen LogP contribution in [0, 0.1) is 5.82 Å². The summed E-state index contributed by atoms with van der Waals surface area (Å²) in [5, 5.41) is 4.28. The van der Waals surface area contributed by atoms with E-state index < -0.39 is 0 Å². The molecule has 2 unspecified atom stereocenters. The van der Waals surface area contributed by atoms with Gasteiger partial charge in [0.15, 0.2) is 5.82 Å². The third kappa shape index (κ3) is 2.44. The van der Waals surface area contributed by atoms with Crippen molar-refractivity contribution in [2.24, 2.45) is 5.73 Å². The van der Waals surface area contributed by atoms with Crippen molar-refractivity contribution in [3.8, 4) is 5.75 Å². The summed E-state index contributed by atoms with van der Waals surface area (Å²) in [5.74, 6) is 1.13. The zero-order valence-corrected chi connectivity index (χ0v) is 10.6. The summed E-state index contributed by atoms with van der Waals surface area (Å²) in [6.07, 6.45) is 2.28. The molecule has 2 heterocycles. The van der Waals surface area contributed by atoms with Crippen LogP contribution in [0.1, 0.15) is 24.4 Å². The summed E-state index contributed by atoms with van der Waals surface area (Å²) in [5.41, 5.74) is 6.61. The predicted octanol–water partition coefficient (Wildman–Crippen LogP) is 1.44. The van der Waals surface area contributed by atoms with Gasteiger partial charge in [0.1, 0.15) is 24.0 Å². The number of rotatable bonds is 3. The van der Waals surface area contributed by atoms with Gasteiger partial charge in [0.05, 0.1) is 12.6 Å². The highest BCUT2D eigenvalue weighted by molar-refractivity contribution is 5.37. The van der Waals surface area contributed by atoms with Gasteiger partial charge in [-0.15, -0.1) is 0 Å². The molecular formula is C13H15FN4O. The Morgan fingerprint density at radius 2 is 2.42 bits per heavy atom. The summed E-state index contributed by atoms with van der Waals surface area (Å²) in [6.45, 7) is 2.42. The van der Waals surface area contributed by atoms with E-state index in [-0.39, 0.29) is 18.0 Å². The largest absolute Gasteiger partial charge is 0.488 e. The van der Waals surface area contributed by atoms with Gasteiger partial charge in [-0.1, -0.05) is 0 Å². The first-order chi connectivity index (χ1) is 9.11. The maximum absolute atomic E-state index is 13.1. The topological polar surface area (TPSA) is 66.0 Å². The normalized spacial score (nSPS) is 19.0. The van der Waals surface area contributed by atoms with Crippen molar-refractivity contribution in [3.63, 3.8) is 0 Å². The maximum Gasteiger partial charge on any atom is 0.166 e. The Morgan fingerprint density at radius 1 is 1.58 bits per heavy atom. The molecule has 0 saturated carbocycles. The zero-order valence-electron chi connectivity index (χ0n) is 10.6. The maximum atomic E-state index is 13.1. The molecule has 19 heavy (non-hydrogen) atoms. The molecule has 0 amide bonds. The van der Waals surface area contributed by atoms with E-state index in [2.05, 4.69) is 10.1 Å². The van der Waals surface area contributed by atoms with E-state index in [1.54, 1.807) is 17.1 Å². The Morgan fingerprint density at radius 3 is 3.16 bits per heavy atom. The number of nitrogens with two attached hydrogens (primary N) is 1. The number of hydrogen-bond acceptors (Lipinski definition) is 4. The standard InChI is InChI=1S/C13H15FN4O/c1-8(15)13-16-7-18(17-13)6-11-5-9-4-10(14)2-3-12(9)19-11/h2-4,7-8,11H,5-6,15H2,1H3. The van der Waals surface area contributed by atoms with Crippen molar-refractivity contribution >= 4 is 0 Å². The minimum absolute atomic E-state index is 0.0422. The summed E-state index contributed by atoms with van der Waals surface area (Å²) < 4.78 is 20.6. The summed E-state index contributed by atoms with van der Waals surface area (Å²) in [7, 11) is 0. The Kier molecular flexibility index (Phi) is 2.94. The monoisotopic (exact) mass is 262 g/mol. The Bertz CT molecular complexity index is 596. The van der Waals surface area contributed by atoms with Crippen LogP contribution in [0.15, 0.2) is 24.5 Å². The van der Waals surface area contributed by atoms with Gasteiger partial charge in [0, 0.05) is 12.0 Å². The van der Waals surface area contributed by atoms with Crippen molar-refractivity contribution in [3.05, 3.63) is 41.7 Å². The number of nitrogens with zero attached hydrogens (tertiary/aromatic N) is 3. The Labute approximate surface area is 110 Å². The molecule has 1 aromatic carbocycles.